The monoisotopic (exact) mass is 287 g/mol. The highest BCUT2D eigenvalue weighted by molar-refractivity contribution is 9.10. The number of nitro groups is 1. The molecule has 0 aliphatic carbocycles. The number of hydrogen-bond acceptors (Lipinski definition) is 4. The van der Waals surface area contributed by atoms with E-state index in [0.717, 1.165) is 5.69 Å². The fraction of sp³-hybridized carbons (Fsp3) is 0.400. The molecule has 88 valence electrons. The lowest BCUT2D eigenvalue weighted by molar-refractivity contribution is -0.384. The summed E-state index contributed by atoms with van der Waals surface area (Å²) in [6.45, 7) is 3.86. The zero-order valence-corrected chi connectivity index (χ0v) is 10.7. The molecule has 1 aromatic rings. The molecule has 0 saturated heterocycles. The number of hydrogen-bond donors (Lipinski definition) is 2. The Kier molecular flexibility index (Phi) is 4.26. The largest absolute Gasteiger partial charge is 0.380 e. The molecule has 6 heteroatoms. The summed E-state index contributed by atoms with van der Waals surface area (Å²) >= 11 is 3.29. The van der Waals surface area contributed by atoms with Crippen LogP contribution in [0.2, 0.25) is 0 Å². The molecule has 0 spiro atoms. The first-order chi connectivity index (χ1) is 7.41. The molecule has 0 aliphatic rings. The summed E-state index contributed by atoms with van der Waals surface area (Å²) in [6, 6.07) is 4.69. The minimum atomic E-state index is -0.427. The number of halogens is 1. The number of anilines is 1. The van der Waals surface area contributed by atoms with Gasteiger partial charge in [-0.05, 0) is 35.8 Å². The van der Waals surface area contributed by atoms with E-state index in [9.17, 15) is 10.1 Å². The molecule has 0 bridgehead atoms. The fourth-order valence-electron chi connectivity index (χ4n) is 1.11. The molecule has 0 amide bonds. The lowest BCUT2D eigenvalue weighted by atomic mass is 10.1. The van der Waals surface area contributed by atoms with Gasteiger partial charge in [0, 0.05) is 34.4 Å². The van der Waals surface area contributed by atoms with Crippen LogP contribution >= 0.6 is 15.9 Å². The molecule has 2 atom stereocenters. The Morgan fingerprint density at radius 3 is 2.56 bits per heavy atom. The van der Waals surface area contributed by atoms with Gasteiger partial charge in [0.1, 0.15) is 0 Å². The number of nitrogens with zero attached hydrogens (tertiary/aromatic N) is 1. The van der Waals surface area contributed by atoms with Crippen LogP contribution in [0.5, 0.6) is 0 Å². The molecule has 3 N–H and O–H groups in total. The van der Waals surface area contributed by atoms with Crippen molar-refractivity contribution in [2.45, 2.75) is 25.9 Å². The van der Waals surface area contributed by atoms with E-state index in [0.29, 0.717) is 4.47 Å². The predicted molar refractivity (Wildman–Crippen MR) is 67.5 cm³/mol. The molecule has 2 unspecified atom stereocenters. The highest BCUT2D eigenvalue weighted by Gasteiger charge is 2.12. The second-order valence-electron chi connectivity index (χ2n) is 3.71. The Balaban J connectivity index is 2.87. The maximum absolute atomic E-state index is 10.5. The van der Waals surface area contributed by atoms with Crippen molar-refractivity contribution in [3.05, 3.63) is 32.8 Å². The third-order valence-electron chi connectivity index (χ3n) is 2.34. The SMILES string of the molecule is CC(N)C(C)Nc1ccc([N+](=O)[O-])cc1Br. The van der Waals surface area contributed by atoms with Gasteiger partial charge in [0.15, 0.2) is 0 Å². The number of benzene rings is 1. The molecule has 0 aliphatic heterocycles. The van der Waals surface area contributed by atoms with Crippen LogP contribution in [0.25, 0.3) is 0 Å². The molecule has 0 saturated carbocycles. The van der Waals surface area contributed by atoms with Crippen molar-refractivity contribution >= 4 is 27.3 Å². The Hall–Kier alpha value is -1.14. The molecular formula is C10H14BrN3O2. The zero-order chi connectivity index (χ0) is 12.3. The van der Waals surface area contributed by atoms with Gasteiger partial charge in [-0.25, -0.2) is 0 Å². The quantitative estimate of drug-likeness (QED) is 0.659. The van der Waals surface area contributed by atoms with E-state index in [4.69, 9.17) is 5.73 Å². The predicted octanol–water partition coefficient (Wildman–Crippen LogP) is 2.50. The van der Waals surface area contributed by atoms with Crippen LogP contribution in [0.3, 0.4) is 0 Å². The lowest BCUT2D eigenvalue weighted by Crippen LogP contribution is -2.35. The minimum Gasteiger partial charge on any atom is -0.380 e. The maximum atomic E-state index is 10.5. The first kappa shape index (κ1) is 12.9. The van der Waals surface area contributed by atoms with Gasteiger partial charge in [-0.2, -0.15) is 0 Å². The summed E-state index contributed by atoms with van der Waals surface area (Å²) < 4.78 is 0.661. The van der Waals surface area contributed by atoms with Crippen molar-refractivity contribution < 1.29 is 4.92 Å². The van der Waals surface area contributed by atoms with Crippen LogP contribution in [0.15, 0.2) is 22.7 Å². The summed E-state index contributed by atoms with van der Waals surface area (Å²) in [5, 5.41) is 13.7. The number of nitrogens with two attached hydrogens (primary N) is 1. The zero-order valence-electron chi connectivity index (χ0n) is 9.11. The summed E-state index contributed by atoms with van der Waals surface area (Å²) in [7, 11) is 0. The first-order valence-electron chi connectivity index (χ1n) is 4.88. The average molecular weight is 288 g/mol. The minimum absolute atomic E-state index is 0.00194. The van der Waals surface area contributed by atoms with Gasteiger partial charge in [-0.3, -0.25) is 10.1 Å². The van der Waals surface area contributed by atoms with Crippen LogP contribution in [0.1, 0.15) is 13.8 Å². The van der Waals surface area contributed by atoms with Crippen molar-refractivity contribution in [1.29, 1.82) is 0 Å². The van der Waals surface area contributed by atoms with E-state index in [2.05, 4.69) is 21.2 Å². The smallest absolute Gasteiger partial charge is 0.270 e. The van der Waals surface area contributed by atoms with Crippen LogP contribution in [0, 0.1) is 10.1 Å². The van der Waals surface area contributed by atoms with Crippen LogP contribution in [-0.4, -0.2) is 17.0 Å². The normalized spacial score (nSPS) is 14.2. The topological polar surface area (TPSA) is 81.2 Å². The van der Waals surface area contributed by atoms with E-state index >= 15 is 0 Å². The molecule has 5 nitrogen and oxygen atoms in total. The maximum Gasteiger partial charge on any atom is 0.270 e. The van der Waals surface area contributed by atoms with Gasteiger partial charge >= 0.3 is 0 Å². The van der Waals surface area contributed by atoms with Gasteiger partial charge in [0.05, 0.1) is 4.92 Å². The molecular weight excluding hydrogens is 274 g/mol. The number of rotatable bonds is 4. The van der Waals surface area contributed by atoms with Crippen molar-refractivity contribution in [2.24, 2.45) is 5.73 Å². The fourth-order valence-corrected chi connectivity index (χ4v) is 1.59. The average Bonchev–Trinajstić information content (AvgIpc) is 2.20. The van der Waals surface area contributed by atoms with E-state index in [1.165, 1.54) is 12.1 Å². The van der Waals surface area contributed by atoms with Crippen molar-refractivity contribution in [2.75, 3.05) is 5.32 Å². The third-order valence-corrected chi connectivity index (χ3v) is 2.99. The number of non-ortho nitro benzene ring substituents is 1. The van der Waals surface area contributed by atoms with Crippen LogP contribution in [0.4, 0.5) is 11.4 Å². The van der Waals surface area contributed by atoms with Crippen LogP contribution in [-0.2, 0) is 0 Å². The molecule has 1 aromatic carbocycles. The molecule has 0 fully saturated rings. The molecule has 16 heavy (non-hydrogen) atoms. The van der Waals surface area contributed by atoms with Gasteiger partial charge in [-0.15, -0.1) is 0 Å². The van der Waals surface area contributed by atoms with Crippen LogP contribution < -0.4 is 11.1 Å². The second-order valence-corrected chi connectivity index (χ2v) is 4.57. The van der Waals surface area contributed by atoms with E-state index in [1.807, 2.05) is 13.8 Å². The lowest BCUT2D eigenvalue weighted by Gasteiger charge is -2.19. The number of nitro benzene ring substituents is 1. The van der Waals surface area contributed by atoms with Crippen molar-refractivity contribution in [3.8, 4) is 0 Å². The second kappa shape index (κ2) is 5.27. The summed E-state index contributed by atoms with van der Waals surface area (Å²) in [5.41, 5.74) is 6.59. The molecule has 1 rings (SSSR count). The first-order valence-corrected chi connectivity index (χ1v) is 5.67. The van der Waals surface area contributed by atoms with Gasteiger partial charge in [0.2, 0.25) is 0 Å². The Bertz CT molecular complexity index is 396. The third kappa shape index (κ3) is 3.18. The Morgan fingerprint density at radius 2 is 2.12 bits per heavy atom. The van der Waals surface area contributed by atoms with Gasteiger partial charge in [-0.1, -0.05) is 0 Å². The van der Waals surface area contributed by atoms with E-state index < -0.39 is 4.92 Å². The summed E-state index contributed by atoms with van der Waals surface area (Å²) in [6.07, 6.45) is 0. The van der Waals surface area contributed by atoms with Gasteiger partial charge in [0.25, 0.3) is 5.69 Å². The summed E-state index contributed by atoms with van der Waals surface area (Å²) in [4.78, 5) is 10.1. The van der Waals surface area contributed by atoms with E-state index in [-0.39, 0.29) is 17.8 Å². The highest BCUT2D eigenvalue weighted by Crippen LogP contribution is 2.27. The van der Waals surface area contributed by atoms with Gasteiger partial charge < -0.3 is 11.1 Å². The molecule has 0 heterocycles. The van der Waals surface area contributed by atoms with E-state index in [1.54, 1.807) is 6.07 Å². The molecule has 0 aromatic heterocycles. The number of nitrogens with one attached hydrogen (secondary N) is 1. The summed E-state index contributed by atoms with van der Waals surface area (Å²) in [5.74, 6) is 0. The van der Waals surface area contributed by atoms with Crippen molar-refractivity contribution in [1.82, 2.24) is 0 Å². The Morgan fingerprint density at radius 1 is 1.50 bits per heavy atom. The Labute approximate surface area is 102 Å². The highest BCUT2D eigenvalue weighted by atomic mass is 79.9. The standard InChI is InChI=1S/C10H14BrN3O2/c1-6(12)7(2)13-10-4-3-8(14(15)16)5-9(10)11/h3-7,13H,12H2,1-2H3. The van der Waals surface area contributed by atoms with Crippen molar-refractivity contribution in [3.63, 3.8) is 0 Å². The molecule has 0 radical (unpaired) electrons.